The second kappa shape index (κ2) is 6.87. The topological polar surface area (TPSA) is 54.9 Å². The van der Waals surface area contributed by atoms with Crippen LogP contribution in [0.4, 0.5) is 0 Å². The maximum Gasteiger partial charge on any atom is 0.279 e. The third kappa shape index (κ3) is 3.71. The van der Waals surface area contributed by atoms with Gasteiger partial charge in [0.15, 0.2) is 5.78 Å². The number of carbonyl (C=O) groups is 1. The zero-order chi connectivity index (χ0) is 21.7. The number of hydrogen-bond donors (Lipinski definition) is 1. The minimum atomic E-state index is -0.334. The van der Waals surface area contributed by atoms with Gasteiger partial charge in [0.25, 0.3) is 5.56 Å². The fourth-order valence-corrected chi connectivity index (χ4v) is 3.65. The van der Waals surface area contributed by atoms with Crippen molar-refractivity contribution in [1.29, 1.82) is 0 Å². The van der Waals surface area contributed by atoms with Crippen molar-refractivity contribution >= 4 is 17.9 Å². The summed E-state index contributed by atoms with van der Waals surface area (Å²) in [6.07, 6.45) is 3.72. The molecule has 1 heterocycles. The molecule has 2 aromatic rings. The first-order chi connectivity index (χ1) is 13.3. The molecule has 4 nitrogen and oxygen atoms in total. The summed E-state index contributed by atoms with van der Waals surface area (Å²) >= 11 is 0. The second-order valence-electron chi connectivity index (χ2n) is 9.79. The highest BCUT2D eigenvalue weighted by molar-refractivity contribution is 6.14. The summed E-state index contributed by atoms with van der Waals surface area (Å²) in [5.41, 5.74) is 3.11. The Morgan fingerprint density at radius 1 is 0.897 bits per heavy atom. The van der Waals surface area contributed by atoms with Crippen molar-refractivity contribution in [3.8, 4) is 5.69 Å². The lowest BCUT2D eigenvalue weighted by Gasteiger charge is -2.31. The van der Waals surface area contributed by atoms with E-state index in [2.05, 4.69) is 11.7 Å². The van der Waals surface area contributed by atoms with Crippen LogP contribution in [0.2, 0.25) is 0 Å². The minimum absolute atomic E-state index is 0.0501. The van der Waals surface area contributed by atoms with Gasteiger partial charge in [-0.1, -0.05) is 66.3 Å². The lowest BCUT2D eigenvalue weighted by atomic mass is 9.72. The molecule has 0 bridgehead atoms. The molecule has 152 valence electrons. The maximum absolute atomic E-state index is 13.4. The number of para-hydroxylation sites is 1. The summed E-state index contributed by atoms with van der Waals surface area (Å²) < 4.78 is 1.53. The summed E-state index contributed by atoms with van der Waals surface area (Å²) in [7, 11) is 0. The molecule has 0 saturated heterocycles. The number of hydrogen-bond acceptors (Lipinski definition) is 2. The average molecular weight is 391 g/mol. The molecule has 0 fully saturated rings. The van der Waals surface area contributed by atoms with E-state index in [-0.39, 0.29) is 22.2 Å². The van der Waals surface area contributed by atoms with Gasteiger partial charge in [-0.2, -0.15) is 0 Å². The van der Waals surface area contributed by atoms with E-state index < -0.39 is 0 Å². The number of allylic oxidation sites excluding steroid dienone is 4. The summed E-state index contributed by atoms with van der Waals surface area (Å²) in [6.45, 7) is 18.2. The van der Waals surface area contributed by atoms with Gasteiger partial charge >= 0.3 is 0 Å². The summed E-state index contributed by atoms with van der Waals surface area (Å²) in [6, 6.07) is 7.71. The van der Waals surface area contributed by atoms with Crippen LogP contribution in [-0.2, 0) is 4.79 Å². The molecule has 0 amide bonds. The highest BCUT2D eigenvalue weighted by Gasteiger charge is 2.34. The predicted molar refractivity (Wildman–Crippen MR) is 119 cm³/mol. The fraction of sp³-hybridized carbons (Fsp3) is 0.360. The first kappa shape index (κ1) is 20.8. The van der Waals surface area contributed by atoms with Crippen LogP contribution in [0.15, 0.2) is 52.4 Å². The minimum Gasteiger partial charge on any atom is -0.291 e. The fourth-order valence-electron chi connectivity index (χ4n) is 3.65. The lowest BCUT2D eigenvalue weighted by molar-refractivity contribution is -0.114. The van der Waals surface area contributed by atoms with Crippen molar-refractivity contribution in [1.82, 2.24) is 9.78 Å². The highest BCUT2D eigenvalue weighted by atomic mass is 16.1. The van der Waals surface area contributed by atoms with Gasteiger partial charge in [0, 0.05) is 11.1 Å². The Morgan fingerprint density at radius 2 is 1.41 bits per heavy atom. The number of nitrogens with zero attached hydrogens (tertiary/aromatic N) is 1. The lowest BCUT2D eigenvalue weighted by Crippen LogP contribution is -2.37. The monoisotopic (exact) mass is 390 g/mol. The van der Waals surface area contributed by atoms with Gasteiger partial charge < -0.3 is 0 Å². The van der Waals surface area contributed by atoms with E-state index in [9.17, 15) is 9.59 Å². The van der Waals surface area contributed by atoms with E-state index in [0.717, 1.165) is 16.8 Å². The Morgan fingerprint density at radius 3 is 1.90 bits per heavy atom. The molecule has 0 saturated carbocycles. The van der Waals surface area contributed by atoms with Gasteiger partial charge in [-0.15, -0.1) is 0 Å². The zero-order valence-corrected chi connectivity index (χ0v) is 18.4. The number of benzene rings is 1. The molecule has 29 heavy (non-hydrogen) atoms. The van der Waals surface area contributed by atoms with E-state index in [4.69, 9.17) is 0 Å². The molecule has 1 aromatic carbocycles. The first-order valence-electron chi connectivity index (χ1n) is 9.91. The van der Waals surface area contributed by atoms with Crippen molar-refractivity contribution in [2.75, 3.05) is 0 Å². The zero-order valence-electron chi connectivity index (χ0n) is 18.4. The predicted octanol–water partition coefficient (Wildman–Crippen LogP) is 3.56. The van der Waals surface area contributed by atoms with Crippen LogP contribution >= 0.6 is 0 Å². The number of H-pyrrole nitrogens is 1. The van der Waals surface area contributed by atoms with Crippen molar-refractivity contribution in [2.45, 2.75) is 48.5 Å². The van der Waals surface area contributed by atoms with Crippen LogP contribution in [0.5, 0.6) is 0 Å². The van der Waals surface area contributed by atoms with Crippen molar-refractivity contribution in [3.05, 3.63) is 74.0 Å². The average Bonchev–Trinajstić information content (AvgIpc) is 2.88. The molecule has 1 aromatic heterocycles. The third-order valence-corrected chi connectivity index (χ3v) is 5.32. The normalized spacial score (nSPS) is 15.4. The van der Waals surface area contributed by atoms with E-state index in [1.165, 1.54) is 4.68 Å². The number of ketones is 1. The quantitative estimate of drug-likeness (QED) is 0.809. The van der Waals surface area contributed by atoms with E-state index in [1.807, 2.05) is 84.9 Å². The van der Waals surface area contributed by atoms with Gasteiger partial charge in [0.2, 0.25) is 0 Å². The summed E-state index contributed by atoms with van der Waals surface area (Å²) in [5.74, 6) is 0.0501. The van der Waals surface area contributed by atoms with Gasteiger partial charge in [-0.25, -0.2) is 4.68 Å². The molecule has 1 N–H and O–H groups in total. The molecule has 4 heteroatoms. The number of carbonyl (C=O) groups excluding carboxylic acids is 1. The molecule has 0 atom stereocenters. The van der Waals surface area contributed by atoms with Crippen molar-refractivity contribution in [3.63, 3.8) is 0 Å². The summed E-state index contributed by atoms with van der Waals surface area (Å²) in [4.78, 5) is 26.5. The largest absolute Gasteiger partial charge is 0.291 e. The van der Waals surface area contributed by atoms with Crippen LogP contribution in [-0.4, -0.2) is 15.6 Å². The molecule has 0 aliphatic heterocycles. The molecular formula is C25H30N2O2. The molecule has 0 unspecified atom stereocenters. The molecule has 0 radical (unpaired) electrons. The van der Waals surface area contributed by atoms with Gasteiger partial charge in [0.1, 0.15) is 0 Å². The molecule has 1 aliphatic rings. The van der Waals surface area contributed by atoms with E-state index >= 15 is 0 Å². The summed E-state index contributed by atoms with van der Waals surface area (Å²) in [5, 5.41) is 4.16. The van der Waals surface area contributed by atoms with Crippen LogP contribution < -0.4 is 16.1 Å². The van der Waals surface area contributed by atoms with Gasteiger partial charge in [-0.05, 0) is 47.1 Å². The van der Waals surface area contributed by atoms with Crippen LogP contribution in [0.25, 0.3) is 17.8 Å². The Balaban J connectivity index is 2.41. The number of nitrogens with one attached hydrogen (secondary N) is 1. The van der Waals surface area contributed by atoms with Gasteiger partial charge in [0.05, 0.1) is 16.3 Å². The SMILES string of the molecule is C=c1[nH]n(-c2ccccc2C)c(=O)c1=C1C=C(C(C)(C)C)C(=O)C(C(C)(C)C)=C1. The molecule has 0 spiro atoms. The smallest absolute Gasteiger partial charge is 0.279 e. The van der Waals surface area contributed by atoms with Crippen molar-refractivity contribution in [2.24, 2.45) is 10.8 Å². The van der Waals surface area contributed by atoms with Crippen LogP contribution in [0, 0.1) is 17.8 Å². The number of aromatic amines is 1. The van der Waals surface area contributed by atoms with Crippen molar-refractivity contribution < 1.29 is 4.79 Å². The number of rotatable bonds is 1. The standard InChI is InChI=1S/C25H30N2O2/c1-15-11-9-10-12-20(15)27-23(29)21(16(2)26-27)17-13-18(24(3,4)5)22(28)19(14-17)25(6,7)8/h9-14,26H,2H2,1,3-8H3. The maximum atomic E-state index is 13.4. The Hall–Kier alpha value is -2.88. The Labute approximate surface area is 171 Å². The Bertz CT molecular complexity index is 1180. The number of aryl methyl sites for hydroxylation is 1. The van der Waals surface area contributed by atoms with Gasteiger partial charge in [-0.3, -0.25) is 14.7 Å². The molecular weight excluding hydrogens is 360 g/mol. The molecule has 3 rings (SSSR count). The van der Waals surface area contributed by atoms with Crippen LogP contribution in [0.1, 0.15) is 47.1 Å². The number of aromatic nitrogens is 2. The molecule has 1 aliphatic carbocycles. The van der Waals surface area contributed by atoms with E-state index in [0.29, 0.717) is 21.7 Å². The van der Waals surface area contributed by atoms with E-state index in [1.54, 1.807) is 0 Å². The number of Topliss-reactive ketones (excluding diaryl/α,β-unsaturated/α-hetero) is 1. The first-order valence-corrected chi connectivity index (χ1v) is 9.91. The van der Waals surface area contributed by atoms with Crippen LogP contribution in [0.3, 0.4) is 0 Å². The third-order valence-electron chi connectivity index (χ3n) is 5.32. The second-order valence-corrected chi connectivity index (χ2v) is 9.79. The Kier molecular flexibility index (Phi) is 4.94. The highest BCUT2D eigenvalue weighted by Crippen LogP contribution is 2.38.